The van der Waals surface area contributed by atoms with E-state index in [1.165, 1.54) is 0 Å². The van der Waals surface area contributed by atoms with Gasteiger partial charge in [0, 0.05) is 17.2 Å². The summed E-state index contributed by atoms with van der Waals surface area (Å²) in [6.07, 6.45) is 0.943. The van der Waals surface area contributed by atoms with E-state index in [2.05, 4.69) is 31.1 Å². The molecule has 0 aliphatic heterocycles. The molecule has 1 amide bonds. The topological polar surface area (TPSA) is 79.3 Å². The zero-order valence-corrected chi connectivity index (χ0v) is 14.9. The molecule has 0 aliphatic rings. The minimum atomic E-state index is -0.947. The summed E-state index contributed by atoms with van der Waals surface area (Å²) in [4.78, 5) is 27.3. The molecule has 0 saturated heterocycles. The quantitative estimate of drug-likeness (QED) is 0.840. The minimum absolute atomic E-state index is 0.0229. The van der Waals surface area contributed by atoms with Gasteiger partial charge in [-0.15, -0.1) is 11.3 Å². The van der Waals surface area contributed by atoms with Crippen molar-refractivity contribution in [3.63, 3.8) is 0 Å². The second-order valence-electron chi connectivity index (χ2n) is 6.67. The van der Waals surface area contributed by atoms with Gasteiger partial charge in [0.1, 0.15) is 0 Å². The van der Waals surface area contributed by atoms with Crippen LogP contribution < -0.4 is 5.32 Å². The molecule has 0 fully saturated rings. The normalized spacial score (nSPS) is 11.3. The molecule has 2 aromatic rings. The lowest BCUT2D eigenvalue weighted by molar-refractivity contribution is -0.121. The van der Waals surface area contributed by atoms with Crippen LogP contribution in [0.15, 0.2) is 29.6 Å². The van der Waals surface area contributed by atoms with Crippen molar-refractivity contribution < 1.29 is 14.7 Å². The lowest BCUT2D eigenvalue weighted by Gasteiger charge is -2.13. The van der Waals surface area contributed by atoms with Crippen LogP contribution in [-0.4, -0.2) is 22.0 Å². The summed E-state index contributed by atoms with van der Waals surface area (Å²) in [7, 11) is 0. The average Bonchev–Trinajstić information content (AvgIpc) is 3.00. The number of thiazole rings is 1. The first-order valence-corrected chi connectivity index (χ1v) is 8.67. The van der Waals surface area contributed by atoms with E-state index in [0.29, 0.717) is 19.4 Å². The molecule has 0 saturated carbocycles. The summed E-state index contributed by atoms with van der Waals surface area (Å²) < 4.78 is 0. The first kappa shape index (κ1) is 18.1. The molecular weight excluding hydrogens is 324 g/mol. The lowest BCUT2D eigenvalue weighted by atomic mass is 9.98. The number of carbonyl (C=O) groups is 2. The highest BCUT2D eigenvalue weighted by Crippen LogP contribution is 2.25. The van der Waals surface area contributed by atoms with E-state index in [0.717, 1.165) is 16.3 Å². The largest absolute Gasteiger partial charge is 0.478 e. The molecule has 0 bridgehead atoms. The van der Waals surface area contributed by atoms with Crippen molar-refractivity contribution in [1.29, 1.82) is 0 Å². The molecule has 0 atom stereocenters. The van der Waals surface area contributed by atoms with Gasteiger partial charge in [-0.2, -0.15) is 0 Å². The van der Waals surface area contributed by atoms with E-state index >= 15 is 0 Å². The number of amides is 1. The summed E-state index contributed by atoms with van der Waals surface area (Å²) in [6.45, 7) is 6.78. The number of carboxylic acids is 1. The molecular formula is C18H22N2O3S. The fourth-order valence-corrected chi connectivity index (χ4v) is 2.99. The van der Waals surface area contributed by atoms with Gasteiger partial charge in [-0.1, -0.05) is 32.9 Å². The van der Waals surface area contributed by atoms with Crippen LogP contribution in [0.2, 0.25) is 0 Å². The van der Waals surface area contributed by atoms with Crippen LogP contribution in [0.5, 0.6) is 0 Å². The van der Waals surface area contributed by atoms with E-state index in [-0.39, 0.29) is 16.9 Å². The Balaban J connectivity index is 1.79. The monoisotopic (exact) mass is 346 g/mol. The minimum Gasteiger partial charge on any atom is -0.478 e. The van der Waals surface area contributed by atoms with Gasteiger partial charge in [0.15, 0.2) is 0 Å². The number of aromatic nitrogens is 1. The maximum Gasteiger partial charge on any atom is 0.335 e. The highest BCUT2D eigenvalue weighted by Gasteiger charge is 2.18. The van der Waals surface area contributed by atoms with Crippen molar-refractivity contribution in [1.82, 2.24) is 10.3 Å². The number of nitrogens with one attached hydrogen (secondary N) is 1. The van der Waals surface area contributed by atoms with Crippen LogP contribution >= 0.6 is 11.3 Å². The van der Waals surface area contributed by atoms with Gasteiger partial charge < -0.3 is 10.4 Å². The van der Waals surface area contributed by atoms with Crippen LogP contribution in [0, 0.1) is 0 Å². The highest BCUT2D eigenvalue weighted by molar-refractivity contribution is 7.09. The maximum absolute atomic E-state index is 11.9. The predicted octanol–water partition coefficient (Wildman–Crippen LogP) is 3.39. The van der Waals surface area contributed by atoms with E-state index in [1.807, 2.05) is 5.38 Å². The Kier molecular flexibility index (Phi) is 5.72. The van der Waals surface area contributed by atoms with Gasteiger partial charge in [0.05, 0.1) is 22.8 Å². The average molecular weight is 346 g/mol. The standard InChI is InChI=1S/C18H22N2O3S/c1-18(2,3)17-20-14(11-24-17)10-19-15(21)9-6-12-4-7-13(8-5-12)16(22)23/h4-5,7-8,11H,6,9-10H2,1-3H3,(H,19,21)(H,22,23). The summed E-state index contributed by atoms with van der Waals surface area (Å²) in [5, 5.41) is 14.8. The first-order valence-electron chi connectivity index (χ1n) is 7.79. The molecule has 1 heterocycles. The SMILES string of the molecule is CC(C)(C)c1nc(CNC(=O)CCc2ccc(C(=O)O)cc2)cs1. The van der Waals surface area contributed by atoms with Crippen molar-refractivity contribution in [3.05, 3.63) is 51.5 Å². The highest BCUT2D eigenvalue weighted by atomic mass is 32.1. The second kappa shape index (κ2) is 7.57. The summed E-state index contributed by atoms with van der Waals surface area (Å²) in [6, 6.07) is 6.59. The molecule has 0 unspecified atom stereocenters. The number of carbonyl (C=O) groups excluding carboxylic acids is 1. The zero-order valence-electron chi connectivity index (χ0n) is 14.1. The van der Waals surface area contributed by atoms with Gasteiger partial charge in [0.2, 0.25) is 5.91 Å². The molecule has 1 aromatic carbocycles. The molecule has 2 rings (SSSR count). The van der Waals surface area contributed by atoms with Crippen molar-refractivity contribution in [2.75, 3.05) is 0 Å². The van der Waals surface area contributed by atoms with E-state index in [4.69, 9.17) is 5.11 Å². The Morgan fingerprint density at radius 3 is 2.42 bits per heavy atom. The molecule has 0 radical (unpaired) electrons. The van der Waals surface area contributed by atoms with Crippen LogP contribution in [0.25, 0.3) is 0 Å². The van der Waals surface area contributed by atoms with Gasteiger partial charge in [-0.3, -0.25) is 4.79 Å². The van der Waals surface area contributed by atoms with Crippen molar-refractivity contribution in [2.24, 2.45) is 0 Å². The summed E-state index contributed by atoms with van der Waals surface area (Å²) >= 11 is 1.61. The molecule has 5 nitrogen and oxygen atoms in total. The second-order valence-corrected chi connectivity index (χ2v) is 7.53. The Hall–Kier alpha value is -2.21. The molecule has 0 aliphatic carbocycles. The predicted molar refractivity (Wildman–Crippen MR) is 94.4 cm³/mol. The van der Waals surface area contributed by atoms with Crippen LogP contribution in [-0.2, 0) is 23.2 Å². The van der Waals surface area contributed by atoms with Gasteiger partial charge >= 0.3 is 5.97 Å². The van der Waals surface area contributed by atoms with Crippen molar-refractivity contribution in [3.8, 4) is 0 Å². The molecule has 24 heavy (non-hydrogen) atoms. The fraction of sp³-hybridized carbons (Fsp3) is 0.389. The van der Waals surface area contributed by atoms with E-state index in [9.17, 15) is 9.59 Å². The number of hydrogen-bond acceptors (Lipinski definition) is 4. The summed E-state index contributed by atoms with van der Waals surface area (Å²) in [5.41, 5.74) is 2.10. The van der Waals surface area contributed by atoms with Gasteiger partial charge in [-0.05, 0) is 24.1 Å². The van der Waals surface area contributed by atoms with Crippen LogP contribution in [0.4, 0.5) is 0 Å². The van der Waals surface area contributed by atoms with Crippen LogP contribution in [0.3, 0.4) is 0 Å². The maximum atomic E-state index is 11.9. The zero-order chi connectivity index (χ0) is 17.7. The molecule has 0 spiro atoms. The number of nitrogens with zero attached hydrogens (tertiary/aromatic N) is 1. The third-order valence-electron chi connectivity index (χ3n) is 3.50. The molecule has 128 valence electrons. The van der Waals surface area contributed by atoms with Crippen molar-refractivity contribution in [2.45, 2.75) is 45.6 Å². The molecule has 1 aromatic heterocycles. The number of hydrogen-bond donors (Lipinski definition) is 2. The number of carboxylic acid groups (broad SMARTS) is 1. The smallest absolute Gasteiger partial charge is 0.335 e. The molecule has 2 N–H and O–H groups in total. The Morgan fingerprint density at radius 1 is 1.21 bits per heavy atom. The number of aryl methyl sites for hydroxylation is 1. The Bertz CT molecular complexity index is 715. The third-order valence-corrected chi connectivity index (χ3v) is 4.82. The lowest BCUT2D eigenvalue weighted by Crippen LogP contribution is -2.23. The fourth-order valence-electron chi connectivity index (χ4n) is 2.08. The Labute approximate surface area is 145 Å². The van der Waals surface area contributed by atoms with Crippen molar-refractivity contribution >= 4 is 23.2 Å². The number of benzene rings is 1. The number of aromatic carboxylic acids is 1. The van der Waals surface area contributed by atoms with Gasteiger partial charge in [-0.25, -0.2) is 9.78 Å². The van der Waals surface area contributed by atoms with Gasteiger partial charge in [0.25, 0.3) is 0 Å². The first-order chi connectivity index (χ1) is 11.3. The van der Waals surface area contributed by atoms with E-state index in [1.54, 1.807) is 35.6 Å². The Morgan fingerprint density at radius 2 is 1.88 bits per heavy atom. The summed E-state index contributed by atoms with van der Waals surface area (Å²) in [5.74, 6) is -0.986. The third kappa shape index (κ3) is 5.16. The van der Waals surface area contributed by atoms with E-state index < -0.39 is 5.97 Å². The molecule has 6 heteroatoms. The van der Waals surface area contributed by atoms with Crippen LogP contribution in [0.1, 0.15) is 53.8 Å². The number of rotatable bonds is 6.